The monoisotopic (exact) mass is 344 g/mol. The minimum absolute atomic E-state index is 0.0995. The molecule has 3 rings (SSSR count). The van der Waals surface area contributed by atoms with Crippen molar-refractivity contribution >= 4 is 0 Å². The lowest BCUT2D eigenvalue weighted by atomic mass is 10.1. The quantitative estimate of drug-likeness (QED) is 0.660. The highest BCUT2D eigenvalue weighted by molar-refractivity contribution is 5.44. The molecule has 3 aromatic rings. The van der Waals surface area contributed by atoms with Gasteiger partial charge in [-0.2, -0.15) is 13.2 Å². The van der Waals surface area contributed by atoms with Crippen molar-refractivity contribution < 1.29 is 13.2 Å². The Bertz CT molecular complexity index is 822. The maximum Gasteiger partial charge on any atom is 0.418 e. The molecule has 1 unspecified atom stereocenters. The van der Waals surface area contributed by atoms with Crippen LogP contribution in [0.2, 0.25) is 0 Å². The number of para-hydroxylation sites is 1. The molecule has 0 radical (unpaired) electrons. The molecule has 2 aromatic carbocycles. The first-order valence-corrected chi connectivity index (χ1v) is 8.08. The first-order chi connectivity index (χ1) is 12.0. The maximum absolute atomic E-state index is 13.3. The highest BCUT2D eigenvalue weighted by atomic mass is 19.4. The Morgan fingerprint density at radius 2 is 1.60 bits per heavy atom. The van der Waals surface area contributed by atoms with Crippen molar-refractivity contribution in [1.29, 1.82) is 0 Å². The summed E-state index contributed by atoms with van der Waals surface area (Å²) in [6.07, 6.45) is -2.72. The average molecular weight is 344 g/mol. The van der Waals surface area contributed by atoms with Gasteiger partial charge in [-0.1, -0.05) is 42.5 Å². The topological polar surface area (TPSA) is 17.0 Å². The van der Waals surface area contributed by atoms with Crippen LogP contribution in [0.3, 0.4) is 0 Å². The van der Waals surface area contributed by atoms with Gasteiger partial charge < -0.3 is 9.88 Å². The van der Waals surface area contributed by atoms with Gasteiger partial charge in [-0.05, 0) is 36.8 Å². The first-order valence-electron chi connectivity index (χ1n) is 8.08. The molecule has 0 bridgehead atoms. The summed E-state index contributed by atoms with van der Waals surface area (Å²) in [5, 5.41) is 3.37. The van der Waals surface area contributed by atoms with Crippen LogP contribution >= 0.6 is 0 Å². The summed E-state index contributed by atoms with van der Waals surface area (Å²) in [7, 11) is 0. The predicted molar refractivity (Wildman–Crippen MR) is 92.5 cm³/mol. The number of rotatable bonds is 5. The van der Waals surface area contributed by atoms with E-state index in [1.54, 1.807) is 22.9 Å². The summed E-state index contributed by atoms with van der Waals surface area (Å²) in [6.45, 7) is 2.50. The molecule has 5 heteroatoms. The van der Waals surface area contributed by atoms with Gasteiger partial charge in [0.25, 0.3) is 0 Å². The first kappa shape index (κ1) is 17.3. The molecule has 2 nitrogen and oxygen atoms in total. The van der Waals surface area contributed by atoms with Gasteiger partial charge in [0.15, 0.2) is 0 Å². The Hall–Kier alpha value is -2.53. The molecule has 25 heavy (non-hydrogen) atoms. The van der Waals surface area contributed by atoms with E-state index in [2.05, 4.69) is 5.32 Å². The van der Waals surface area contributed by atoms with Gasteiger partial charge in [-0.15, -0.1) is 0 Å². The Labute approximate surface area is 144 Å². The van der Waals surface area contributed by atoms with Crippen LogP contribution in [0.15, 0.2) is 72.9 Å². The van der Waals surface area contributed by atoms with Gasteiger partial charge in [0.2, 0.25) is 0 Å². The van der Waals surface area contributed by atoms with Gasteiger partial charge >= 0.3 is 6.18 Å². The average Bonchev–Trinajstić information content (AvgIpc) is 3.08. The van der Waals surface area contributed by atoms with Crippen LogP contribution in [0.1, 0.15) is 29.8 Å². The summed E-state index contributed by atoms with van der Waals surface area (Å²) in [4.78, 5) is 0. The predicted octanol–water partition coefficient (Wildman–Crippen LogP) is 5.35. The van der Waals surface area contributed by atoms with Crippen LogP contribution in [0.25, 0.3) is 5.69 Å². The van der Waals surface area contributed by atoms with Crippen molar-refractivity contribution in [2.45, 2.75) is 25.7 Å². The molecule has 1 aromatic heterocycles. The van der Waals surface area contributed by atoms with Crippen molar-refractivity contribution in [3.8, 4) is 5.69 Å². The molecule has 0 fully saturated rings. The van der Waals surface area contributed by atoms with Crippen LogP contribution in [-0.4, -0.2) is 4.57 Å². The largest absolute Gasteiger partial charge is 0.418 e. The zero-order valence-corrected chi connectivity index (χ0v) is 13.8. The molecular formula is C20H19F3N2. The third-order valence-corrected chi connectivity index (χ3v) is 4.19. The van der Waals surface area contributed by atoms with Crippen LogP contribution in [-0.2, 0) is 12.7 Å². The Morgan fingerprint density at radius 1 is 0.920 bits per heavy atom. The molecule has 130 valence electrons. The number of nitrogens with zero attached hydrogens (tertiary/aromatic N) is 1. The van der Waals surface area contributed by atoms with E-state index < -0.39 is 11.7 Å². The molecule has 1 atom stereocenters. The van der Waals surface area contributed by atoms with Crippen LogP contribution in [0.4, 0.5) is 13.2 Å². The molecule has 1 heterocycles. The molecule has 0 amide bonds. The standard InChI is InChI=1S/C20H19F3N2/c1-15(16-8-3-2-4-9-16)24-14-17-10-7-13-25(17)19-12-6-5-11-18(19)20(21,22)23/h2-13,15,24H,14H2,1H3. The van der Waals surface area contributed by atoms with E-state index in [1.807, 2.05) is 43.3 Å². The summed E-state index contributed by atoms with van der Waals surface area (Å²) in [5.74, 6) is 0. The second kappa shape index (κ2) is 7.15. The Kier molecular flexibility index (Phi) is 4.95. The third kappa shape index (κ3) is 3.94. The lowest BCUT2D eigenvalue weighted by molar-refractivity contribution is -0.137. The molecule has 1 N–H and O–H groups in total. The number of halogens is 3. The summed E-state index contributed by atoms with van der Waals surface area (Å²) in [5.41, 5.74) is 1.42. The zero-order valence-electron chi connectivity index (χ0n) is 13.8. The highest BCUT2D eigenvalue weighted by Crippen LogP contribution is 2.34. The highest BCUT2D eigenvalue weighted by Gasteiger charge is 2.33. The zero-order chi connectivity index (χ0) is 17.9. The molecular weight excluding hydrogens is 325 g/mol. The smallest absolute Gasteiger partial charge is 0.319 e. The van der Waals surface area contributed by atoms with Crippen molar-refractivity contribution in [3.05, 3.63) is 89.7 Å². The molecule has 0 aliphatic rings. The molecule has 0 spiro atoms. The van der Waals surface area contributed by atoms with Crippen molar-refractivity contribution in [2.75, 3.05) is 0 Å². The molecule has 0 saturated heterocycles. The summed E-state index contributed by atoms with van der Waals surface area (Å²) >= 11 is 0. The fraction of sp³-hybridized carbons (Fsp3) is 0.200. The van der Waals surface area contributed by atoms with E-state index in [-0.39, 0.29) is 11.7 Å². The van der Waals surface area contributed by atoms with E-state index in [4.69, 9.17) is 0 Å². The molecule has 0 saturated carbocycles. The van der Waals surface area contributed by atoms with Crippen LogP contribution < -0.4 is 5.32 Å². The number of aromatic nitrogens is 1. The Balaban J connectivity index is 1.83. The minimum atomic E-state index is -4.39. The lowest BCUT2D eigenvalue weighted by Crippen LogP contribution is -2.20. The van der Waals surface area contributed by atoms with Crippen molar-refractivity contribution in [3.63, 3.8) is 0 Å². The second-order valence-electron chi connectivity index (χ2n) is 5.90. The van der Waals surface area contributed by atoms with E-state index in [9.17, 15) is 13.2 Å². The fourth-order valence-electron chi connectivity index (χ4n) is 2.84. The number of hydrogen-bond donors (Lipinski definition) is 1. The van der Waals surface area contributed by atoms with Crippen molar-refractivity contribution in [1.82, 2.24) is 9.88 Å². The normalized spacial score (nSPS) is 13.0. The molecule has 0 aliphatic heterocycles. The third-order valence-electron chi connectivity index (χ3n) is 4.19. The van der Waals surface area contributed by atoms with Crippen molar-refractivity contribution in [2.24, 2.45) is 0 Å². The van der Waals surface area contributed by atoms with Gasteiger partial charge in [0.05, 0.1) is 11.3 Å². The van der Waals surface area contributed by atoms with Crippen LogP contribution in [0.5, 0.6) is 0 Å². The van der Waals surface area contributed by atoms with Gasteiger partial charge in [-0.25, -0.2) is 0 Å². The van der Waals surface area contributed by atoms with E-state index in [0.29, 0.717) is 6.54 Å². The van der Waals surface area contributed by atoms with E-state index in [0.717, 1.165) is 17.3 Å². The number of nitrogens with one attached hydrogen (secondary N) is 1. The SMILES string of the molecule is CC(NCc1cccn1-c1ccccc1C(F)(F)F)c1ccccc1. The van der Waals surface area contributed by atoms with Gasteiger partial charge in [0.1, 0.15) is 0 Å². The number of alkyl halides is 3. The Morgan fingerprint density at radius 3 is 2.32 bits per heavy atom. The van der Waals surface area contributed by atoms with E-state index in [1.165, 1.54) is 12.1 Å². The maximum atomic E-state index is 13.3. The number of benzene rings is 2. The van der Waals surface area contributed by atoms with Gasteiger partial charge in [0, 0.05) is 24.5 Å². The lowest BCUT2D eigenvalue weighted by Gasteiger charge is -2.18. The van der Waals surface area contributed by atoms with Gasteiger partial charge in [-0.3, -0.25) is 0 Å². The molecule has 0 aliphatic carbocycles. The number of hydrogen-bond acceptors (Lipinski definition) is 1. The van der Waals surface area contributed by atoms with E-state index >= 15 is 0 Å². The fourth-order valence-corrected chi connectivity index (χ4v) is 2.84. The summed E-state index contributed by atoms with van der Waals surface area (Å²) < 4.78 is 41.4. The van der Waals surface area contributed by atoms with Crippen LogP contribution in [0, 0.1) is 0 Å². The summed E-state index contributed by atoms with van der Waals surface area (Å²) in [6, 6.07) is 19.3. The second-order valence-corrected chi connectivity index (χ2v) is 5.90. The minimum Gasteiger partial charge on any atom is -0.319 e.